The van der Waals surface area contributed by atoms with Gasteiger partial charge < -0.3 is 31.3 Å². The lowest BCUT2D eigenvalue weighted by Crippen LogP contribution is -2.71. The molecule has 3 unspecified atom stereocenters. The van der Waals surface area contributed by atoms with E-state index in [4.69, 9.17) is 10.6 Å². The fourth-order valence-corrected chi connectivity index (χ4v) is 7.18. The zero-order chi connectivity index (χ0) is 30.3. The van der Waals surface area contributed by atoms with E-state index < -0.39 is 52.2 Å². The van der Waals surface area contributed by atoms with Crippen LogP contribution < -0.4 is 16.5 Å². The first-order chi connectivity index (χ1) is 20.0. The number of β-lactam (4-membered cyclic amide) rings is 1. The number of aromatic hydroxyl groups is 1. The zero-order valence-corrected chi connectivity index (χ0v) is 24.5. The lowest BCUT2D eigenvalue weighted by Gasteiger charge is -2.49. The molecule has 42 heavy (non-hydrogen) atoms. The molecule has 0 bridgehead atoms. The van der Waals surface area contributed by atoms with Gasteiger partial charge in [0.25, 0.3) is 11.8 Å². The molecule has 2 amide bonds. The number of nitrogen functional groups attached to an aromatic ring is 1. The number of aliphatic carboxylic acids is 1. The highest BCUT2D eigenvalue weighted by Crippen LogP contribution is 2.45. The van der Waals surface area contributed by atoms with E-state index in [1.807, 2.05) is 0 Å². The molecule has 2 aliphatic rings. The van der Waals surface area contributed by atoms with Crippen molar-refractivity contribution in [3.8, 4) is 5.75 Å². The summed E-state index contributed by atoms with van der Waals surface area (Å²) in [6, 6.07) is -0.159. The van der Waals surface area contributed by atoms with Crippen LogP contribution in [-0.2, 0) is 25.8 Å². The summed E-state index contributed by atoms with van der Waals surface area (Å²) in [5.74, 6) is -3.25. The van der Waals surface area contributed by atoms with E-state index in [1.165, 1.54) is 30.3 Å². The van der Waals surface area contributed by atoms with Crippen LogP contribution in [-0.4, -0.2) is 80.3 Å². The fourth-order valence-electron chi connectivity index (χ4n) is 4.17. The molecule has 16 nitrogen and oxygen atoms in total. The van der Waals surface area contributed by atoms with Crippen LogP contribution in [0.25, 0.3) is 0 Å². The number of oxime groups is 1. The van der Waals surface area contributed by atoms with Crippen LogP contribution in [0, 0.1) is 6.92 Å². The van der Waals surface area contributed by atoms with Crippen LogP contribution in [0.4, 0.5) is 5.13 Å². The largest absolute Gasteiger partial charge is 0.503 e. The summed E-state index contributed by atoms with van der Waals surface area (Å²) in [6.45, 7) is 0.830. The molecule has 3 aromatic rings. The molecule has 5 heterocycles. The Morgan fingerprint density at radius 1 is 1.38 bits per heavy atom. The van der Waals surface area contributed by atoms with Gasteiger partial charge in [-0.15, -0.1) is 28.2 Å². The van der Waals surface area contributed by atoms with Gasteiger partial charge in [0.15, 0.2) is 23.2 Å². The number of nitrogens with one attached hydrogen (secondary N) is 1. The summed E-state index contributed by atoms with van der Waals surface area (Å²) in [5.41, 5.74) is 4.62. The molecule has 0 radical (unpaired) electrons. The van der Waals surface area contributed by atoms with E-state index in [1.54, 1.807) is 0 Å². The number of pyridine rings is 1. The van der Waals surface area contributed by atoms with Crippen molar-refractivity contribution in [3.63, 3.8) is 0 Å². The number of rotatable bonds is 9. The first-order valence-corrected chi connectivity index (χ1v) is 14.9. The third-order valence-electron chi connectivity index (χ3n) is 6.28. The summed E-state index contributed by atoms with van der Waals surface area (Å²) < 4.78 is 4.32. The number of nitrogens with two attached hydrogens (primary N) is 1. The maximum absolute atomic E-state index is 13.3. The van der Waals surface area contributed by atoms with Gasteiger partial charge in [0, 0.05) is 17.2 Å². The number of anilines is 1. The van der Waals surface area contributed by atoms with Crippen molar-refractivity contribution in [1.82, 2.24) is 29.5 Å². The number of hydrogen-bond donors (Lipinski definition) is 6. The Morgan fingerprint density at radius 3 is 2.79 bits per heavy atom. The minimum atomic E-state index is -1.31. The highest BCUT2D eigenvalue weighted by molar-refractivity contribution is 8.00. The molecule has 5 rings (SSSR count). The number of carbonyl (C=O) groups excluding carboxylic acids is 2. The fraction of sp³-hybridized carbons (Fsp3) is 0.273. The van der Waals surface area contributed by atoms with Crippen molar-refractivity contribution < 1.29 is 34.6 Å². The average molecular weight is 653 g/mol. The highest BCUT2D eigenvalue weighted by Gasteiger charge is 2.55. The van der Waals surface area contributed by atoms with E-state index in [9.17, 15) is 34.6 Å². The quantitative estimate of drug-likeness (QED) is 0.0601. The highest BCUT2D eigenvalue weighted by atomic mass is 32.2. The Labute approximate surface area is 253 Å². The van der Waals surface area contributed by atoms with Gasteiger partial charge >= 0.3 is 5.97 Å². The molecule has 3 aromatic heterocycles. The average Bonchev–Trinajstić information content (AvgIpc) is 3.66. The van der Waals surface area contributed by atoms with Gasteiger partial charge in [0.2, 0.25) is 5.43 Å². The van der Waals surface area contributed by atoms with Crippen LogP contribution >= 0.6 is 47.3 Å². The molecule has 20 heteroatoms. The Kier molecular flexibility index (Phi) is 8.12. The molecule has 0 aromatic carbocycles. The lowest BCUT2D eigenvalue weighted by molar-refractivity contribution is -0.150. The molecule has 1 saturated heterocycles. The van der Waals surface area contributed by atoms with Crippen molar-refractivity contribution >= 4 is 75.9 Å². The number of fused-ring (bicyclic) bond motifs is 1. The van der Waals surface area contributed by atoms with Gasteiger partial charge in [-0.3, -0.25) is 19.3 Å². The number of carbonyl (C=O) groups is 3. The minimum absolute atomic E-state index is 0.0303. The van der Waals surface area contributed by atoms with Crippen molar-refractivity contribution in [2.24, 2.45) is 5.16 Å². The second-order valence-electron chi connectivity index (χ2n) is 8.79. The molecule has 0 spiro atoms. The minimum Gasteiger partial charge on any atom is -0.503 e. The van der Waals surface area contributed by atoms with E-state index in [2.05, 4.69) is 37.7 Å². The van der Waals surface area contributed by atoms with E-state index in [0.29, 0.717) is 15.2 Å². The summed E-state index contributed by atoms with van der Waals surface area (Å²) in [7, 11) is 0. The monoisotopic (exact) mass is 652 g/mol. The van der Waals surface area contributed by atoms with Gasteiger partial charge in [-0.05, 0) is 24.0 Å². The molecule has 220 valence electrons. The third kappa shape index (κ3) is 5.28. The van der Waals surface area contributed by atoms with E-state index >= 15 is 0 Å². The van der Waals surface area contributed by atoms with Gasteiger partial charge in [-0.2, -0.15) is 17.4 Å². The van der Waals surface area contributed by atoms with E-state index in [-0.39, 0.29) is 39.4 Å². The van der Waals surface area contributed by atoms with Crippen molar-refractivity contribution in [2.75, 3.05) is 11.5 Å². The molecule has 2 aliphatic heterocycles. The number of carboxylic acids is 1. The lowest BCUT2D eigenvalue weighted by atomic mass is 10.0. The smallest absolute Gasteiger partial charge is 0.352 e. The van der Waals surface area contributed by atoms with Crippen LogP contribution in [0.3, 0.4) is 0 Å². The SMILES string of the molecule is Cc1c(O)c(=O)cc(CO/N=C(\C(=O)NC2C(=O)N3C(C(=O)O)=C(C(S)c4cnns4)CSC23)c2csc(N)n2)n1O. The number of thiol groups is 1. The molecule has 1 fully saturated rings. The molecule has 0 saturated carbocycles. The maximum atomic E-state index is 13.3. The van der Waals surface area contributed by atoms with Crippen LogP contribution in [0.1, 0.15) is 27.2 Å². The topological polar surface area (TPSA) is 235 Å². The Morgan fingerprint density at radius 2 is 2.14 bits per heavy atom. The van der Waals surface area contributed by atoms with Gasteiger partial charge in [-0.25, -0.2) is 9.78 Å². The number of amides is 2. The summed E-state index contributed by atoms with van der Waals surface area (Å²) in [4.78, 5) is 61.6. The molecule has 3 atom stereocenters. The van der Waals surface area contributed by atoms with Gasteiger partial charge in [-0.1, -0.05) is 9.64 Å². The Bertz CT molecular complexity index is 1700. The zero-order valence-electron chi connectivity index (χ0n) is 21.2. The van der Waals surface area contributed by atoms with Crippen molar-refractivity contribution in [2.45, 2.75) is 30.2 Å². The first-order valence-electron chi connectivity index (χ1n) is 11.7. The number of nitrogens with zero attached hydrogens (tertiary/aromatic N) is 6. The summed E-state index contributed by atoms with van der Waals surface area (Å²) in [6.07, 6.45) is 1.48. The second kappa shape index (κ2) is 11.6. The molecule has 0 aliphatic carbocycles. The molecule has 6 N–H and O–H groups in total. The number of thiazole rings is 1. The summed E-state index contributed by atoms with van der Waals surface area (Å²) >= 11 is 7.87. The van der Waals surface area contributed by atoms with Gasteiger partial charge in [0.1, 0.15) is 28.5 Å². The normalized spacial score (nSPS) is 19.2. The predicted molar refractivity (Wildman–Crippen MR) is 153 cm³/mol. The van der Waals surface area contributed by atoms with Crippen LogP contribution in [0.2, 0.25) is 0 Å². The number of aromatic nitrogens is 4. The van der Waals surface area contributed by atoms with Crippen molar-refractivity contribution in [3.05, 3.63) is 61.1 Å². The standard InChI is InChI=1S/C22H20N8O8S4/c1-7-16(32)11(31)2-8(30(7)37)4-38-27-13(10-6-41-22(23)25-10)18(33)26-14-19(34)29-15(21(35)36)9(5-40-20(14)29)17(39)12-3-24-28-42-12/h2-3,6,14,17,20,32,37,39H,4-5H2,1H3,(H2,23,25)(H,26,33)(H,35,36)/b27-13-. The third-order valence-corrected chi connectivity index (χ3v) is 9.74. The summed E-state index contributed by atoms with van der Waals surface area (Å²) in [5, 5.41) is 40.1. The number of thioether (sulfide) groups is 1. The second-order valence-corrected chi connectivity index (χ2v) is 12.1. The van der Waals surface area contributed by atoms with Gasteiger partial charge in [0.05, 0.1) is 22.0 Å². The Hall–Kier alpha value is -4.14. The van der Waals surface area contributed by atoms with E-state index in [0.717, 1.165) is 33.8 Å². The number of carboxylic acid groups (broad SMARTS) is 1. The van der Waals surface area contributed by atoms with Crippen LogP contribution in [0.5, 0.6) is 5.75 Å². The number of hydrogen-bond acceptors (Lipinski definition) is 16. The first kappa shape index (κ1) is 29.4. The predicted octanol–water partition coefficient (Wildman–Crippen LogP) is 0.320. The van der Waals surface area contributed by atoms with Crippen LogP contribution in [0.15, 0.2) is 38.9 Å². The molecular formula is C22H20N8O8S4. The Balaban J connectivity index is 1.36. The van der Waals surface area contributed by atoms with Crippen molar-refractivity contribution in [1.29, 1.82) is 0 Å². The maximum Gasteiger partial charge on any atom is 0.352 e. The molecular weight excluding hydrogens is 633 g/mol.